The van der Waals surface area contributed by atoms with E-state index >= 15 is 0 Å². The average molecular weight is 286 g/mol. The van der Waals surface area contributed by atoms with E-state index in [1.165, 1.54) is 10.7 Å². The first kappa shape index (κ1) is 14.6. The van der Waals surface area contributed by atoms with Crippen molar-refractivity contribution in [1.29, 1.82) is 0 Å². The molecule has 19 heavy (non-hydrogen) atoms. The summed E-state index contributed by atoms with van der Waals surface area (Å²) in [6.07, 6.45) is 3.49. The summed E-state index contributed by atoms with van der Waals surface area (Å²) >= 11 is 0. The van der Waals surface area contributed by atoms with Gasteiger partial charge in [0.2, 0.25) is 10.0 Å². The van der Waals surface area contributed by atoms with Crippen LogP contribution in [0.25, 0.3) is 0 Å². The van der Waals surface area contributed by atoms with Gasteiger partial charge in [-0.25, -0.2) is 12.7 Å². The molecule has 0 atom stereocenters. The smallest absolute Gasteiger partial charge is 0.246 e. The highest BCUT2D eigenvalue weighted by atomic mass is 32.2. The molecule has 6 heteroatoms. The highest BCUT2D eigenvalue weighted by molar-refractivity contribution is 7.89. The van der Waals surface area contributed by atoms with Crippen molar-refractivity contribution >= 4 is 10.0 Å². The van der Waals surface area contributed by atoms with E-state index in [0.717, 1.165) is 12.8 Å². The monoisotopic (exact) mass is 286 g/mol. The van der Waals surface area contributed by atoms with Crippen molar-refractivity contribution in [2.75, 3.05) is 20.6 Å². The summed E-state index contributed by atoms with van der Waals surface area (Å²) in [5, 5.41) is 2.95. The van der Waals surface area contributed by atoms with Gasteiger partial charge in [0.15, 0.2) is 0 Å². The molecule has 1 fully saturated rings. The molecule has 1 N–H and O–H groups in total. The van der Waals surface area contributed by atoms with Gasteiger partial charge in [-0.15, -0.1) is 0 Å². The fourth-order valence-electron chi connectivity index (χ4n) is 2.35. The van der Waals surface area contributed by atoms with E-state index < -0.39 is 10.0 Å². The van der Waals surface area contributed by atoms with E-state index in [1.807, 2.05) is 0 Å². The van der Waals surface area contributed by atoms with Gasteiger partial charge in [-0.3, -0.25) is 0 Å². The summed E-state index contributed by atoms with van der Waals surface area (Å²) in [4.78, 5) is 0.291. The van der Waals surface area contributed by atoms with Gasteiger partial charge in [0.05, 0.1) is 6.54 Å². The van der Waals surface area contributed by atoms with E-state index in [9.17, 15) is 8.42 Å². The number of hydrogen-bond acceptors (Lipinski definition) is 4. The Kier molecular flexibility index (Phi) is 4.32. The van der Waals surface area contributed by atoms with Gasteiger partial charge >= 0.3 is 0 Å². The zero-order valence-corrected chi connectivity index (χ0v) is 12.6. The van der Waals surface area contributed by atoms with Crippen molar-refractivity contribution in [2.24, 2.45) is 5.92 Å². The van der Waals surface area contributed by atoms with Crippen LogP contribution in [0.15, 0.2) is 15.4 Å². The van der Waals surface area contributed by atoms with E-state index in [-0.39, 0.29) is 0 Å². The maximum atomic E-state index is 12.5. The second kappa shape index (κ2) is 5.64. The van der Waals surface area contributed by atoms with Crippen LogP contribution in [0.5, 0.6) is 0 Å². The lowest BCUT2D eigenvalue weighted by Crippen LogP contribution is -2.34. The molecule has 2 rings (SSSR count). The lowest BCUT2D eigenvalue weighted by molar-refractivity contribution is 0.263. The minimum absolute atomic E-state index is 0.291. The largest absolute Gasteiger partial charge is 0.464 e. The Balaban J connectivity index is 2.17. The first-order chi connectivity index (χ1) is 8.95. The second-order valence-corrected chi connectivity index (χ2v) is 7.26. The van der Waals surface area contributed by atoms with Crippen molar-refractivity contribution in [1.82, 2.24) is 9.62 Å². The number of rotatable bonds is 6. The van der Waals surface area contributed by atoms with Gasteiger partial charge in [0, 0.05) is 19.7 Å². The standard InChI is InChI=1S/C13H22N2O3S/c1-10-13(7-12(18-10)8-14-2)19(16,17)15(3)9-11-5-4-6-11/h7,11,14H,4-6,8-9H2,1-3H3. The van der Waals surface area contributed by atoms with Crippen LogP contribution in [0.4, 0.5) is 0 Å². The van der Waals surface area contributed by atoms with E-state index in [1.54, 1.807) is 27.1 Å². The number of nitrogens with zero attached hydrogens (tertiary/aromatic N) is 1. The fraction of sp³-hybridized carbons (Fsp3) is 0.692. The summed E-state index contributed by atoms with van der Waals surface area (Å²) in [6, 6.07) is 1.62. The van der Waals surface area contributed by atoms with Crippen molar-refractivity contribution in [3.05, 3.63) is 17.6 Å². The van der Waals surface area contributed by atoms with Crippen molar-refractivity contribution in [3.63, 3.8) is 0 Å². The Bertz CT molecular complexity index is 532. The molecule has 1 heterocycles. The van der Waals surface area contributed by atoms with Crippen LogP contribution in [-0.4, -0.2) is 33.4 Å². The minimum Gasteiger partial charge on any atom is -0.464 e. The lowest BCUT2D eigenvalue weighted by atomic mass is 9.86. The quantitative estimate of drug-likeness (QED) is 0.865. The summed E-state index contributed by atoms with van der Waals surface area (Å²) in [5.74, 6) is 1.63. The summed E-state index contributed by atoms with van der Waals surface area (Å²) in [6.45, 7) is 2.83. The summed E-state index contributed by atoms with van der Waals surface area (Å²) in [7, 11) is 0.0244. The van der Waals surface area contributed by atoms with Gasteiger partial charge in [0.25, 0.3) is 0 Å². The van der Waals surface area contributed by atoms with Gasteiger partial charge in [0.1, 0.15) is 16.4 Å². The Morgan fingerprint density at radius 2 is 2.16 bits per heavy atom. The molecule has 0 radical (unpaired) electrons. The Morgan fingerprint density at radius 1 is 1.47 bits per heavy atom. The maximum Gasteiger partial charge on any atom is 0.246 e. The van der Waals surface area contributed by atoms with Crippen molar-refractivity contribution < 1.29 is 12.8 Å². The lowest BCUT2D eigenvalue weighted by Gasteiger charge is -2.29. The molecular formula is C13H22N2O3S. The molecule has 0 saturated heterocycles. The molecule has 0 unspecified atom stereocenters. The van der Waals surface area contributed by atoms with Crippen LogP contribution in [0.1, 0.15) is 30.8 Å². The normalized spacial score (nSPS) is 16.8. The predicted molar refractivity (Wildman–Crippen MR) is 73.4 cm³/mol. The third-order valence-corrected chi connectivity index (χ3v) is 5.63. The molecule has 0 aromatic carbocycles. The first-order valence-electron chi connectivity index (χ1n) is 6.65. The zero-order valence-electron chi connectivity index (χ0n) is 11.8. The molecule has 1 aromatic rings. The Labute approximate surface area is 115 Å². The molecule has 5 nitrogen and oxygen atoms in total. The molecule has 1 aliphatic carbocycles. The first-order valence-corrected chi connectivity index (χ1v) is 8.09. The highest BCUT2D eigenvalue weighted by Crippen LogP contribution is 2.29. The molecule has 1 aromatic heterocycles. The average Bonchev–Trinajstić information content (AvgIpc) is 2.65. The van der Waals surface area contributed by atoms with Crippen LogP contribution >= 0.6 is 0 Å². The predicted octanol–water partition coefficient (Wildman–Crippen LogP) is 1.73. The van der Waals surface area contributed by atoms with Crippen molar-refractivity contribution in [3.8, 4) is 0 Å². The van der Waals surface area contributed by atoms with Crippen LogP contribution in [0.3, 0.4) is 0 Å². The van der Waals surface area contributed by atoms with Crippen LogP contribution in [0, 0.1) is 12.8 Å². The molecule has 0 amide bonds. The number of sulfonamides is 1. The molecule has 0 spiro atoms. The molecule has 1 aliphatic rings. The van der Waals surface area contributed by atoms with Crippen molar-refractivity contribution in [2.45, 2.75) is 37.6 Å². The number of hydrogen-bond donors (Lipinski definition) is 1. The Morgan fingerprint density at radius 3 is 2.68 bits per heavy atom. The van der Waals surface area contributed by atoms with E-state index in [4.69, 9.17) is 4.42 Å². The molecule has 108 valence electrons. The summed E-state index contributed by atoms with van der Waals surface area (Å²) in [5.41, 5.74) is 0. The van der Waals surface area contributed by atoms with Gasteiger partial charge < -0.3 is 9.73 Å². The fourth-order valence-corrected chi connectivity index (χ4v) is 3.77. The van der Waals surface area contributed by atoms with Gasteiger partial charge in [-0.2, -0.15) is 0 Å². The van der Waals surface area contributed by atoms with E-state index in [2.05, 4.69) is 5.32 Å². The molecule has 0 aliphatic heterocycles. The Hall–Kier alpha value is -0.850. The third-order valence-electron chi connectivity index (χ3n) is 3.70. The SMILES string of the molecule is CNCc1cc(S(=O)(=O)N(C)CC2CCC2)c(C)o1. The minimum atomic E-state index is -3.43. The van der Waals surface area contributed by atoms with Gasteiger partial charge in [-0.05, 0) is 32.7 Å². The van der Waals surface area contributed by atoms with Crippen LogP contribution in [0.2, 0.25) is 0 Å². The number of nitrogens with one attached hydrogen (secondary N) is 1. The molecule has 1 saturated carbocycles. The number of furan rings is 1. The van der Waals surface area contributed by atoms with E-state index in [0.29, 0.717) is 35.4 Å². The number of aryl methyl sites for hydroxylation is 1. The van der Waals surface area contributed by atoms with Crippen LogP contribution in [-0.2, 0) is 16.6 Å². The maximum absolute atomic E-state index is 12.5. The zero-order chi connectivity index (χ0) is 14.0. The van der Waals surface area contributed by atoms with Gasteiger partial charge in [-0.1, -0.05) is 6.42 Å². The molecule has 0 bridgehead atoms. The summed E-state index contributed by atoms with van der Waals surface area (Å²) < 4.78 is 31.9. The third kappa shape index (κ3) is 3.01. The topological polar surface area (TPSA) is 62.6 Å². The molecular weight excluding hydrogens is 264 g/mol. The second-order valence-electron chi connectivity index (χ2n) is 5.25. The van der Waals surface area contributed by atoms with Crippen LogP contribution < -0.4 is 5.32 Å². The highest BCUT2D eigenvalue weighted by Gasteiger charge is 2.29.